The van der Waals surface area contributed by atoms with E-state index in [4.69, 9.17) is 0 Å². The highest BCUT2D eigenvalue weighted by molar-refractivity contribution is 4.88. The van der Waals surface area contributed by atoms with E-state index in [-0.39, 0.29) is 0 Å². The minimum Gasteiger partial charge on any atom is -0.313 e. The summed E-state index contributed by atoms with van der Waals surface area (Å²) in [6.45, 7) is 6.06. The fourth-order valence-electron chi connectivity index (χ4n) is 3.35. The molecule has 1 heterocycles. The zero-order valence-corrected chi connectivity index (χ0v) is 9.05. The fraction of sp³-hybridized carbons (Fsp3) is 1.00. The molecule has 13 heavy (non-hydrogen) atoms. The Bertz CT molecular complexity index is 161. The van der Waals surface area contributed by atoms with E-state index >= 15 is 0 Å². The molecule has 2 rings (SSSR count). The number of rotatable bonds is 1. The molecule has 0 aromatic heterocycles. The summed E-state index contributed by atoms with van der Waals surface area (Å²) in [4.78, 5) is 0. The van der Waals surface area contributed by atoms with Crippen LogP contribution in [0.4, 0.5) is 0 Å². The van der Waals surface area contributed by atoms with Gasteiger partial charge >= 0.3 is 0 Å². The van der Waals surface area contributed by atoms with Gasteiger partial charge < -0.3 is 5.32 Å². The minimum absolute atomic E-state index is 0.846. The average molecular weight is 181 g/mol. The van der Waals surface area contributed by atoms with Crippen molar-refractivity contribution in [3.63, 3.8) is 0 Å². The Hall–Kier alpha value is -0.0400. The molecule has 1 N–H and O–H groups in total. The quantitative estimate of drug-likeness (QED) is 0.656. The number of hydrogen-bond donors (Lipinski definition) is 1. The maximum Gasteiger partial charge on any atom is 0.0121 e. The molecule has 0 spiro atoms. The Balaban J connectivity index is 1.91. The van der Waals surface area contributed by atoms with Gasteiger partial charge in [-0.3, -0.25) is 0 Å². The lowest BCUT2D eigenvalue weighted by Crippen LogP contribution is -2.47. The van der Waals surface area contributed by atoms with Gasteiger partial charge in [0.15, 0.2) is 0 Å². The normalized spacial score (nSPS) is 42.5. The molecule has 1 saturated heterocycles. The van der Waals surface area contributed by atoms with Crippen LogP contribution in [0.3, 0.4) is 0 Å². The molecule has 76 valence electrons. The summed E-state index contributed by atoms with van der Waals surface area (Å²) < 4.78 is 0. The van der Waals surface area contributed by atoms with Crippen molar-refractivity contribution in [2.75, 3.05) is 6.54 Å². The summed E-state index contributed by atoms with van der Waals surface area (Å²) in [5, 5.41) is 3.76. The predicted octanol–water partition coefficient (Wildman–Crippen LogP) is 2.81. The van der Waals surface area contributed by atoms with Gasteiger partial charge in [0.2, 0.25) is 0 Å². The van der Waals surface area contributed by atoms with E-state index in [1.165, 1.54) is 38.6 Å². The van der Waals surface area contributed by atoms with Crippen molar-refractivity contribution in [1.29, 1.82) is 0 Å². The van der Waals surface area contributed by atoms with Gasteiger partial charge in [-0.2, -0.15) is 0 Å². The van der Waals surface area contributed by atoms with E-state index in [1.807, 2.05) is 0 Å². The number of nitrogens with one attached hydrogen (secondary N) is 1. The van der Waals surface area contributed by atoms with Crippen LogP contribution in [0.1, 0.15) is 46.0 Å². The lowest BCUT2D eigenvalue weighted by atomic mass is 9.80. The van der Waals surface area contributed by atoms with E-state index in [0.29, 0.717) is 0 Å². The molecule has 0 amide bonds. The van der Waals surface area contributed by atoms with Crippen LogP contribution in [0.2, 0.25) is 0 Å². The number of piperidine rings is 1. The van der Waals surface area contributed by atoms with Crippen LogP contribution < -0.4 is 5.32 Å². The van der Waals surface area contributed by atoms with Gasteiger partial charge in [0, 0.05) is 6.04 Å². The Kier molecular flexibility index (Phi) is 2.92. The highest BCUT2D eigenvalue weighted by Crippen LogP contribution is 2.34. The van der Waals surface area contributed by atoms with E-state index in [0.717, 1.165) is 23.8 Å². The van der Waals surface area contributed by atoms with Crippen LogP contribution in [-0.2, 0) is 0 Å². The molecule has 2 fully saturated rings. The summed E-state index contributed by atoms with van der Waals surface area (Å²) in [5.41, 5.74) is 0. The van der Waals surface area contributed by atoms with Gasteiger partial charge in [-0.05, 0) is 43.6 Å². The maximum atomic E-state index is 3.76. The van der Waals surface area contributed by atoms with Crippen LogP contribution in [0, 0.1) is 17.8 Å². The average Bonchev–Trinajstić information content (AvgIpc) is 2.56. The highest BCUT2D eigenvalue weighted by Gasteiger charge is 2.32. The van der Waals surface area contributed by atoms with Crippen molar-refractivity contribution in [3.8, 4) is 0 Å². The van der Waals surface area contributed by atoms with Crippen LogP contribution in [0.5, 0.6) is 0 Å². The first-order chi connectivity index (χ1) is 6.27. The summed E-state index contributed by atoms with van der Waals surface area (Å²) in [7, 11) is 0. The van der Waals surface area contributed by atoms with Gasteiger partial charge in [-0.1, -0.05) is 26.7 Å². The zero-order valence-electron chi connectivity index (χ0n) is 9.05. The Morgan fingerprint density at radius 2 is 1.77 bits per heavy atom. The third kappa shape index (κ3) is 2.07. The van der Waals surface area contributed by atoms with E-state index in [1.54, 1.807) is 0 Å². The largest absolute Gasteiger partial charge is 0.313 e. The van der Waals surface area contributed by atoms with Gasteiger partial charge in [0.05, 0.1) is 0 Å². The maximum absolute atomic E-state index is 3.76. The van der Waals surface area contributed by atoms with Crippen LogP contribution in [-0.4, -0.2) is 12.6 Å². The number of hydrogen-bond acceptors (Lipinski definition) is 1. The van der Waals surface area contributed by atoms with Gasteiger partial charge in [-0.25, -0.2) is 0 Å². The summed E-state index contributed by atoms with van der Waals surface area (Å²) in [6, 6.07) is 0.846. The SMILES string of the molecule is CC1CNC(C2CCCC2)C(C)C1. The van der Waals surface area contributed by atoms with E-state index < -0.39 is 0 Å². The second kappa shape index (κ2) is 4.00. The summed E-state index contributed by atoms with van der Waals surface area (Å²) in [5.74, 6) is 2.81. The van der Waals surface area contributed by atoms with Crippen molar-refractivity contribution in [2.45, 2.75) is 52.0 Å². The van der Waals surface area contributed by atoms with Crippen LogP contribution in [0.25, 0.3) is 0 Å². The standard InChI is InChI=1S/C12H23N/c1-9-7-10(2)12(13-8-9)11-5-3-4-6-11/h9-13H,3-8H2,1-2H3. The van der Waals surface area contributed by atoms with Crippen molar-refractivity contribution in [3.05, 3.63) is 0 Å². The minimum atomic E-state index is 0.846. The van der Waals surface area contributed by atoms with Crippen LogP contribution >= 0.6 is 0 Å². The smallest absolute Gasteiger partial charge is 0.0121 e. The lowest BCUT2D eigenvalue weighted by molar-refractivity contribution is 0.186. The third-order valence-electron chi connectivity index (χ3n) is 4.00. The van der Waals surface area contributed by atoms with Gasteiger partial charge in [-0.15, -0.1) is 0 Å². The van der Waals surface area contributed by atoms with Crippen molar-refractivity contribution >= 4 is 0 Å². The lowest BCUT2D eigenvalue weighted by Gasteiger charge is -2.37. The first-order valence-electron chi connectivity index (χ1n) is 6.00. The van der Waals surface area contributed by atoms with Gasteiger partial charge in [0.25, 0.3) is 0 Å². The first-order valence-corrected chi connectivity index (χ1v) is 6.00. The third-order valence-corrected chi connectivity index (χ3v) is 4.00. The molecule has 0 aromatic carbocycles. The molecule has 0 bridgehead atoms. The van der Waals surface area contributed by atoms with E-state index in [9.17, 15) is 0 Å². The molecule has 1 aliphatic carbocycles. The summed E-state index contributed by atoms with van der Waals surface area (Å²) >= 11 is 0. The van der Waals surface area contributed by atoms with Gasteiger partial charge in [0.1, 0.15) is 0 Å². The van der Waals surface area contributed by atoms with Crippen molar-refractivity contribution in [1.82, 2.24) is 5.32 Å². The Morgan fingerprint density at radius 1 is 1.08 bits per heavy atom. The topological polar surface area (TPSA) is 12.0 Å². The molecule has 1 nitrogen and oxygen atoms in total. The highest BCUT2D eigenvalue weighted by atomic mass is 14.9. The van der Waals surface area contributed by atoms with Crippen molar-refractivity contribution in [2.24, 2.45) is 17.8 Å². The molecule has 0 aromatic rings. The summed E-state index contributed by atoms with van der Waals surface area (Å²) in [6.07, 6.45) is 7.36. The molecule has 1 saturated carbocycles. The molecule has 2 aliphatic rings. The predicted molar refractivity (Wildman–Crippen MR) is 56.7 cm³/mol. The Morgan fingerprint density at radius 3 is 2.38 bits per heavy atom. The second-order valence-electron chi connectivity index (χ2n) is 5.30. The molecule has 1 aliphatic heterocycles. The molecule has 3 unspecified atom stereocenters. The molecule has 1 heteroatoms. The monoisotopic (exact) mass is 181 g/mol. The zero-order chi connectivity index (χ0) is 9.26. The molecule has 3 atom stereocenters. The van der Waals surface area contributed by atoms with Crippen molar-refractivity contribution < 1.29 is 0 Å². The van der Waals surface area contributed by atoms with Crippen LogP contribution in [0.15, 0.2) is 0 Å². The van der Waals surface area contributed by atoms with E-state index in [2.05, 4.69) is 19.2 Å². The first kappa shape index (κ1) is 9.51. The molecular weight excluding hydrogens is 158 g/mol. The molecular formula is C12H23N. The molecule has 0 radical (unpaired) electrons. The Labute approximate surface area is 82.3 Å². The fourth-order valence-corrected chi connectivity index (χ4v) is 3.35. The second-order valence-corrected chi connectivity index (χ2v) is 5.30.